The van der Waals surface area contributed by atoms with Crippen molar-refractivity contribution in [1.82, 2.24) is 5.32 Å². The van der Waals surface area contributed by atoms with E-state index in [2.05, 4.69) is 11.4 Å². The van der Waals surface area contributed by atoms with E-state index in [9.17, 15) is 14.9 Å². The number of carbonyl (C=O) groups excluding carboxylic acids is 2. The fourth-order valence-electron chi connectivity index (χ4n) is 3.18. The molecular formula is C23H25ClN2O3. The van der Waals surface area contributed by atoms with E-state index in [1.165, 1.54) is 6.92 Å². The van der Waals surface area contributed by atoms with Gasteiger partial charge >= 0.3 is 5.97 Å². The molecule has 0 aliphatic rings. The Bertz CT molecular complexity index is 916. The zero-order valence-electron chi connectivity index (χ0n) is 17.0. The average Bonchev–Trinajstić information content (AvgIpc) is 2.66. The Morgan fingerprint density at radius 2 is 1.86 bits per heavy atom. The Morgan fingerprint density at radius 1 is 1.21 bits per heavy atom. The lowest BCUT2D eigenvalue weighted by Gasteiger charge is -2.30. The van der Waals surface area contributed by atoms with E-state index >= 15 is 0 Å². The molecule has 0 spiro atoms. The van der Waals surface area contributed by atoms with E-state index in [4.69, 9.17) is 16.3 Å². The fraction of sp³-hybridized carbons (Fsp3) is 0.348. The second-order valence-corrected chi connectivity index (χ2v) is 7.98. The summed E-state index contributed by atoms with van der Waals surface area (Å²) in [5.41, 5.74) is 1.28. The monoisotopic (exact) mass is 412 g/mol. The lowest BCUT2D eigenvalue weighted by Crippen LogP contribution is -2.49. The third-order valence-electron chi connectivity index (χ3n) is 4.72. The molecule has 0 aromatic heterocycles. The highest BCUT2D eigenvalue weighted by Gasteiger charge is 2.33. The Balaban J connectivity index is 2.30. The molecule has 1 N–H and O–H groups in total. The Hall–Kier alpha value is -2.84. The van der Waals surface area contributed by atoms with Crippen LogP contribution in [0.2, 0.25) is 5.02 Å². The first-order valence-electron chi connectivity index (χ1n) is 9.37. The minimum absolute atomic E-state index is 0.0958. The van der Waals surface area contributed by atoms with Gasteiger partial charge in [0.1, 0.15) is 0 Å². The Labute approximate surface area is 176 Å². The maximum atomic E-state index is 12.7. The number of esters is 1. The molecule has 6 heteroatoms. The van der Waals surface area contributed by atoms with Crippen LogP contribution in [0.5, 0.6) is 0 Å². The number of hydrogen-bond donors (Lipinski definition) is 1. The van der Waals surface area contributed by atoms with E-state index < -0.39 is 11.6 Å². The molecule has 152 valence electrons. The quantitative estimate of drug-likeness (QED) is 0.684. The van der Waals surface area contributed by atoms with Crippen LogP contribution in [0, 0.1) is 11.3 Å². The molecule has 2 aromatic rings. The number of nitrogens with one attached hydrogen (secondary N) is 1. The normalized spacial score (nSPS) is 13.1. The van der Waals surface area contributed by atoms with Gasteiger partial charge in [-0.1, -0.05) is 35.9 Å². The van der Waals surface area contributed by atoms with Gasteiger partial charge in [0, 0.05) is 23.9 Å². The van der Waals surface area contributed by atoms with Crippen LogP contribution in [0.3, 0.4) is 0 Å². The predicted molar refractivity (Wildman–Crippen MR) is 113 cm³/mol. The lowest BCUT2D eigenvalue weighted by atomic mass is 9.85. The first kappa shape index (κ1) is 22.4. The molecule has 2 unspecified atom stereocenters. The van der Waals surface area contributed by atoms with Gasteiger partial charge in [0.15, 0.2) is 5.60 Å². The van der Waals surface area contributed by atoms with Crippen LogP contribution >= 0.6 is 11.6 Å². The largest absolute Gasteiger partial charge is 0.450 e. The summed E-state index contributed by atoms with van der Waals surface area (Å²) in [6.45, 7) is 6.29. The third-order valence-corrected chi connectivity index (χ3v) is 4.97. The summed E-state index contributed by atoms with van der Waals surface area (Å²) in [7, 11) is 0. The maximum absolute atomic E-state index is 12.7. The molecule has 0 heterocycles. The van der Waals surface area contributed by atoms with Crippen molar-refractivity contribution < 1.29 is 14.3 Å². The van der Waals surface area contributed by atoms with Crippen molar-refractivity contribution in [3.63, 3.8) is 0 Å². The van der Waals surface area contributed by atoms with Gasteiger partial charge in [-0.15, -0.1) is 0 Å². The zero-order valence-corrected chi connectivity index (χ0v) is 17.8. The van der Waals surface area contributed by atoms with Crippen molar-refractivity contribution in [2.45, 2.75) is 51.7 Å². The van der Waals surface area contributed by atoms with Crippen LogP contribution in [-0.4, -0.2) is 23.5 Å². The number of benzene rings is 2. The maximum Gasteiger partial charge on any atom is 0.303 e. The summed E-state index contributed by atoms with van der Waals surface area (Å²) >= 11 is 5.99. The summed E-state index contributed by atoms with van der Waals surface area (Å²) in [6.07, 6.45) is 0.640. The molecular weight excluding hydrogens is 388 g/mol. The molecule has 29 heavy (non-hydrogen) atoms. The minimum atomic E-state index is -1.28. The number of rotatable bonds is 7. The van der Waals surface area contributed by atoms with Gasteiger partial charge < -0.3 is 10.1 Å². The summed E-state index contributed by atoms with van der Waals surface area (Å²) in [5.74, 6) is -0.989. The highest BCUT2D eigenvalue weighted by atomic mass is 35.5. The number of amides is 1. The average molecular weight is 413 g/mol. The van der Waals surface area contributed by atoms with E-state index in [0.29, 0.717) is 17.0 Å². The van der Waals surface area contributed by atoms with Crippen LogP contribution < -0.4 is 5.32 Å². The van der Waals surface area contributed by atoms with Crippen molar-refractivity contribution in [3.05, 3.63) is 70.2 Å². The summed E-state index contributed by atoms with van der Waals surface area (Å²) in [6, 6.07) is 16.8. The van der Waals surface area contributed by atoms with Crippen molar-refractivity contribution >= 4 is 23.5 Å². The van der Waals surface area contributed by atoms with Gasteiger partial charge in [0.2, 0.25) is 0 Å². The number of halogens is 1. The van der Waals surface area contributed by atoms with Crippen molar-refractivity contribution in [2.24, 2.45) is 0 Å². The zero-order chi connectivity index (χ0) is 21.6. The molecule has 1 amide bonds. The number of nitrogens with zero attached hydrogens (tertiary/aromatic N) is 1. The molecule has 0 fully saturated rings. The highest BCUT2D eigenvalue weighted by molar-refractivity contribution is 6.30. The summed E-state index contributed by atoms with van der Waals surface area (Å²) in [4.78, 5) is 24.0. The molecule has 0 aliphatic carbocycles. The van der Waals surface area contributed by atoms with Gasteiger partial charge in [0.25, 0.3) is 5.91 Å². The summed E-state index contributed by atoms with van der Waals surface area (Å²) in [5, 5.41) is 12.9. The van der Waals surface area contributed by atoms with Crippen LogP contribution in [-0.2, 0) is 20.7 Å². The molecule has 0 bridgehead atoms. The molecule has 5 nitrogen and oxygen atoms in total. The Kier molecular flexibility index (Phi) is 7.41. The second kappa shape index (κ2) is 9.58. The number of nitriles is 1. The van der Waals surface area contributed by atoms with Crippen molar-refractivity contribution in [2.75, 3.05) is 0 Å². The van der Waals surface area contributed by atoms with E-state index in [1.807, 2.05) is 49.4 Å². The van der Waals surface area contributed by atoms with Crippen LogP contribution in [0.15, 0.2) is 48.5 Å². The standard InChI is InChI=1S/C23H25ClN2O3/c1-15(26-22(28)23(3,4)29-16(2)27)21(13-17-8-10-20(24)11-9-17)19-7-5-6-18(12-19)14-25/h5-12,15,21H,13H2,1-4H3,(H,26,28). The van der Waals surface area contributed by atoms with Gasteiger partial charge in [-0.25, -0.2) is 0 Å². The van der Waals surface area contributed by atoms with Gasteiger partial charge in [-0.3, -0.25) is 9.59 Å². The molecule has 2 aromatic carbocycles. The smallest absolute Gasteiger partial charge is 0.303 e. The van der Waals surface area contributed by atoms with Crippen LogP contribution in [0.25, 0.3) is 0 Å². The topological polar surface area (TPSA) is 79.2 Å². The minimum Gasteiger partial charge on any atom is -0.450 e. The molecule has 0 radical (unpaired) electrons. The third kappa shape index (κ3) is 6.33. The number of hydrogen-bond acceptors (Lipinski definition) is 4. The molecule has 2 atom stereocenters. The SMILES string of the molecule is CC(=O)OC(C)(C)C(=O)NC(C)C(Cc1ccc(Cl)cc1)c1cccc(C#N)c1. The first-order chi connectivity index (χ1) is 13.6. The Morgan fingerprint density at radius 3 is 2.45 bits per heavy atom. The van der Waals surface area contributed by atoms with E-state index in [1.54, 1.807) is 19.9 Å². The molecule has 0 saturated carbocycles. The van der Waals surface area contributed by atoms with Crippen LogP contribution in [0.1, 0.15) is 50.3 Å². The molecule has 0 saturated heterocycles. The summed E-state index contributed by atoms with van der Waals surface area (Å²) < 4.78 is 5.15. The van der Waals surface area contributed by atoms with E-state index in [0.717, 1.165) is 11.1 Å². The van der Waals surface area contributed by atoms with Crippen LogP contribution in [0.4, 0.5) is 0 Å². The first-order valence-corrected chi connectivity index (χ1v) is 9.75. The van der Waals surface area contributed by atoms with Gasteiger partial charge in [0.05, 0.1) is 11.6 Å². The molecule has 2 rings (SSSR count). The highest BCUT2D eigenvalue weighted by Crippen LogP contribution is 2.27. The predicted octanol–water partition coefficient (Wildman–Crippen LogP) is 4.38. The van der Waals surface area contributed by atoms with E-state index in [-0.39, 0.29) is 17.9 Å². The number of ether oxygens (including phenoxy) is 1. The van der Waals surface area contributed by atoms with Gasteiger partial charge in [-0.2, -0.15) is 5.26 Å². The second-order valence-electron chi connectivity index (χ2n) is 7.54. The fourth-order valence-corrected chi connectivity index (χ4v) is 3.31. The molecule has 0 aliphatic heterocycles. The lowest BCUT2D eigenvalue weighted by molar-refractivity contribution is -0.163. The van der Waals surface area contributed by atoms with Crippen molar-refractivity contribution in [1.29, 1.82) is 5.26 Å². The van der Waals surface area contributed by atoms with Crippen molar-refractivity contribution in [3.8, 4) is 6.07 Å². The number of carbonyl (C=O) groups is 2. The van der Waals surface area contributed by atoms with Gasteiger partial charge in [-0.05, 0) is 62.6 Å².